The van der Waals surface area contributed by atoms with Crippen molar-refractivity contribution in [2.75, 3.05) is 11.9 Å². The molecule has 4 rings (SSSR count). The van der Waals surface area contributed by atoms with E-state index in [0.717, 1.165) is 25.8 Å². The standard InChI is InChI=1S/C21H28ClN5O3/c1-2-14-5-3-4-10-27(14)21-25-18-17(20(30)26-21)15(11-16(28)24-18)19(29)23-13-8-6-12(22)7-9-13/h6-9,14-15,17-18,21,25H,2-5,10-11H2,1H3,(H,23,29)(H,24,28)(H,26,30). The van der Waals surface area contributed by atoms with E-state index in [4.69, 9.17) is 11.6 Å². The summed E-state index contributed by atoms with van der Waals surface area (Å²) in [6, 6.07) is 7.12. The van der Waals surface area contributed by atoms with Crippen LogP contribution in [-0.4, -0.2) is 47.7 Å². The monoisotopic (exact) mass is 433 g/mol. The summed E-state index contributed by atoms with van der Waals surface area (Å²) in [6.07, 6.45) is 3.41. The van der Waals surface area contributed by atoms with E-state index in [0.29, 0.717) is 16.8 Å². The van der Waals surface area contributed by atoms with Gasteiger partial charge in [-0.05, 0) is 43.5 Å². The number of piperidine rings is 2. The number of hydrogen-bond acceptors (Lipinski definition) is 5. The van der Waals surface area contributed by atoms with Gasteiger partial charge in [0.15, 0.2) is 0 Å². The molecule has 5 unspecified atom stereocenters. The number of anilines is 1. The molecule has 3 saturated heterocycles. The molecule has 0 spiro atoms. The third-order valence-electron chi connectivity index (χ3n) is 6.36. The van der Waals surface area contributed by atoms with Gasteiger partial charge < -0.3 is 16.0 Å². The lowest BCUT2D eigenvalue weighted by Crippen LogP contribution is -2.75. The molecule has 3 heterocycles. The van der Waals surface area contributed by atoms with Crippen LogP contribution in [0.15, 0.2) is 24.3 Å². The quantitative estimate of drug-likeness (QED) is 0.578. The zero-order valence-electron chi connectivity index (χ0n) is 17.0. The van der Waals surface area contributed by atoms with Crippen molar-refractivity contribution in [3.63, 3.8) is 0 Å². The summed E-state index contributed by atoms with van der Waals surface area (Å²) in [6.45, 7) is 3.04. The number of benzene rings is 1. The van der Waals surface area contributed by atoms with Crippen LogP contribution in [0, 0.1) is 11.8 Å². The molecule has 1 aromatic rings. The Labute approximate surface area is 181 Å². The van der Waals surface area contributed by atoms with E-state index in [1.807, 2.05) is 0 Å². The zero-order chi connectivity index (χ0) is 21.3. The summed E-state index contributed by atoms with van der Waals surface area (Å²) in [5, 5.41) is 12.7. The molecule has 3 aliphatic heterocycles. The van der Waals surface area contributed by atoms with E-state index in [1.165, 1.54) is 6.42 Å². The number of halogens is 1. The summed E-state index contributed by atoms with van der Waals surface area (Å²) in [5.74, 6) is -2.21. The molecular formula is C21H28ClN5O3. The van der Waals surface area contributed by atoms with Crippen molar-refractivity contribution in [2.24, 2.45) is 11.8 Å². The molecule has 0 aliphatic carbocycles. The lowest BCUT2D eigenvalue weighted by molar-refractivity contribution is -0.148. The summed E-state index contributed by atoms with van der Waals surface area (Å²) in [7, 11) is 0. The van der Waals surface area contributed by atoms with Gasteiger partial charge in [0.25, 0.3) is 0 Å². The van der Waals surface area contributed by atoms with Gasteiger partial charge in [-0.3, -0.25) is 24.6 Å². The lowest BCUT2D eigenvalue weighted by Gasteiger charge is -2.49. The molecule has 8 nitrogen and oxygen atoms in total. The van der Waals surface area contributed by atoms with E-state index in [9.17, 15) is 14.4 Å². The van der Waals surface area contributed by atoms with E-state index < -0.39 is 18.0 Å². The predicted octanol–water partition coefficient (Wildman–Crippen LogP) is 1.62. The Balaban J connectivity index is 1.49. The van der Waals surface area contributed by atoms with Gasteiger partial charge in [0.1, 0.15) is 6.29 Å². The highest BCUT2D eigenvalue weighted by Gasteiger charge is 2.49. The molecule has 3 fully saturated rings. The molecule has 9 heteroatoms. The maximum Gasteiger partial charge on any atom is 0.229 e. The van der Waals surface area contributed by atoms with E-state index in [-0.39, 0.29) is 30.4 Å². The van der Waals surface area contributed by atoms with Crippen LogP contribution in [0.4, 0.5) is 5.69 Å². The Kier molecular flexibility index (Phi) is 6.26. The Morgan fingerprint density at radius 3 is 2.70 bits per heavy atom. The molecule has 162 valence electrons. The number of carbonyl (C=O) groups is 3. The number of amides is 3. The smallest absolute Gasteiger partial charge is 0.229 e. The molecule has 0 saturated carbocycles. The molecule has 1 aromatic carbocycles. The third kappa shape index (κ3) is 4.31. The minimum absolute atomic E-state index is 0.0261. The Bertz CT molecular complexity index is 817. The van der Waals surface area contributed by atoms with Gasteiger partial charge in [0.05, 0.1) is 18.0 Å². The van der Waals surface area contributed by atoms with Crippen molar-refractivity contribution in [3.8, 4) is 0 Å². The largest absolute Gasteiger partial charge is 0.340 e. The topological polar surface area (TPSA) is 103 Å². The normalized spacial score (nSPS) is 32.0. The maximum atomic E-state index is 13.1. The van der Waals surface area contributed by atoms with Crippen LogP contribution < -0.4 is 21.3 Å². The summed E-state index contributed by atoms with van der Waals surface area (Å²) in [5.41, 5.74) is 0.577. The van der Waals surface area contributed by atoms with Gasteiger partial charge in [0.2, 0.25) is 17.7 Å². The average Bonchev–Trinajstić information content (AvgIpc) is 2.74. The van der Waals surface area contributed by atoms with Crippen molar-refractivity contribution < 1.29 is 14.4 Å². The fourth-order valence-corrected chi connectivity index (χ4v) is 4.93. The first-order chi connectivity index (χ1) is 14.5. The van der Waals surface area contributed by atoms with Crippen molar-refractivity contribution in [3.05, 3.63) is 29.3 Å². The number of nitrogens with one attached hydrogen (secondary N) is 4. The van der Waals surface area contributed by atoms with Gasteiger partial charge in [-0.25, -0.2) is 0 Å². The van der Waals surface area contributed by atoms with Crippen LogP contribution in [0.5, 0.6) is 0 Å². The van der Waals surface area contributed by atoms with Crippen LogP contribution in [0.2, 0.25) is 5.02 Å². The highest BCUT2D eigenvalue weighted by atomic mass is 35.5. The van der Waals surface area contributed by atoms with E-state index in [2.05, 4.69) is 33.1 Å². The minimum atomic E-state index is -0.754. The average molecular weight is 434 g/mol. The number of hydrogen-bond donors (Lipinski definition) is 4. The molecule has 0 radical (unpaired) electrons. The first-order valence-corrected chi connectivity index (χ1v) is 11.0. The highest BCUT2D eigenvalue weighted by Crippen LogP contribution is 2.30. The second-order valence-electron chi connectivity index (χ2n) is 8.25. The molecule has 4 N–H and O–H groups in total. The molecule has 3 amide bonds. The van der Waals surface area contributed by atoms with Gasteiger partial charge in [0, 0.05) is 29.7 Å². The minimum Gasteiger partial charge on any atom is -0.340 e. The van der Waals surface area contributed by atoms with Gasteiger partial charge >= 0.3 is 0 Å². The summed E-state index contributed by atoms with van der Waals surface area (Å²) in [4.78, 5) is 40.6. The number of rotatable bonds is 4. The number of likely N-dealkylation sites (tertiary alicyclic amines) is 1. The first kappa shape index (κ1) is 21.1. The fourth-order valence-electron chi connectivity index (χ4n) is 4.81. The summed E-state index contributed by atoms with van der Waals surface area (Å²) < 4.78 is 0. The third-order valence-corrected chi connectivity index (χ3v) is 6.61. The van der Waals surface area contributed by atoms with E-state index in [1.54, 1.807) is 24.3 Å². The molecule has 5 atom stereocenters. The molecular weight excluding hydrogens is 406 g/mol. The SMILES string of the molecule is CCC1CCCCN1C1NC(=O)C2C(NC(=O)CC2C(=O)Nc2ccc(Cl)cc2)N1. The maximum absolute atomic E-state index is 13.1. The zero-order valence-corrected chi connectivity index (χ0v) is 17.7. The van der Waals surface area contributed by atoms with Crippen molar-refractivity contribution in [1.82, 2.24) is 20.9 Å². The Hall–Kier alpha value is -2.16. The second kappa shape index (κ2) is 8.91. The number of fused-ring (bicyclic) bond motifs is 1. The van der Waals surface area contributed by atoms with Crippen molar-refractivity contribution >= 4 is 35.0 Å². The molecule has 0 bridgehead atoms. The number of nitrogens with zero attached hydrogens (tertiary/aromatic N) is 1. The van der Waals surface area contributed by atoms with Crippen molar-refractivity contribution in [1.29, 1.82) is 0 Å². The second-order valence-corrected chi connectivity index (χ2v) is 8.69. The fraction of sp³-hybridized carbons (Fsp3) is 0.571. The Morgan fingerprint density at radius 1 is 1.20 bits per heavy atom. The molecule has 30 heavy (non-hydrogen) atoms. The highest BCUT2D eigenvalue weighted by molar-refractivity contribution is 6.30. The van der Waals surface area contributed by atoms with Crippen molar-refractivity contribution in [2.45, 2.75) is 57.5 Å². The van der Waals surface area contributed by atoms with E-state index >= 15 is 0 Å². The van der Waals surface area contributed by atoms with Crippen LogP contribution in [-0.2, 0) is 14.4 Å². The van der Waals surface area contributed by atoms with Crippen LogP contribution in [0.3, 0.4) is 0 Å². The predicted molar refractivity (Wildman–Crippen MR) is 113 cm³/mol. The summed E-state index contributed by atoms with van der Waals surface area (Å²) >= 11 is 5.89. The molecule has 0 aromatic heterocycles. The molecule has 3 aliphatic rings. The van der Waals surface area contributed by atoms with Gasteiger partial charge in [-0.15, -0.1) is 0 Å². The number of carbonyl (C=O) groups excluding carboxylic acids is 3. The first-order valence-electron chi connectivity index (χ1n) is 10.6. The lowest BCUT2D eigenvalue weighted by atomic mass is 9.81. The van der Waals surface area contributed by atoms with Crippen LogP contribution >= 0.6 is 11.6 Å². The Morgan fingerprint density at radius 2 is 1.97 bits per heavy atom. The van der Waals surface area contributed by atoms with Crippen LogP contribution in [0.1, 0.15) is 39.0 Å². The van der Waals surface area contributed by atoms with Crippen LogP contribution in [0.25, 0.3) is 0 Å². The van der Waals surface area contributed by atoms with Gasteiger partial charge in [-0.1, -0.05) is 24.9 Å². The van der Waals surface area contributed by atoms with Gasteiger partial charge in [-0.2, -0.15) is 0 Å².